The molecule has 1 unspecified atom stereocenters. The lowest BCUT2D eigenvalue weighted by Gasteiger charge is -2.20. The lowest BCUT2D eigenvalue weighted by atomic mass is 10.2. The molecule has 10 heteroatoms. The molecule has 2 heterocycles. The van der Waals surface area contributed by atoms with Gasteiger partial charge in [-0.05, 0) is 18.2 Å². The number of anilines is 1. The van der Waals surface area contributed by atoms with E-state index >= 15 is 0 Å². The second-order valence-corrected chi connectivity index (χ2v) is 5.85. The van der Waals surface area contributed by atoms with Gasteiger partial charge in [-0.2, -0.15) is 5.10 Å². The van der Waals surface area contributed by atoms with Crippen molar-refractivity contribution < 1.29 is 23.6 Å². The molecular weight excluding hydrogens is 357 g/mol. The lowest BCUT2D eigenvalue weighted by Crippen LogP contribution is -2.38. The normalized spacial score (nSPS) is 16.7. The van der Waals surface area contributed by atoms with Gasteiger partial charge in [0, 0.05) is 25.7 Å². The Morgan fingerprint density at radius 2 is 2.30 bits per heavy atom. The highest BCUT2D eigenvalue weighted by molar-refractivity contribution is 5.90. The van der Waals surface area contributed by atoms with Gasteiger partial charge in [-0.25, -0.2) is 13.9 Å². The number of halogens is 1. The van der Waals surface area contributed by atoms with Crippen LogP contribution in [0.3, 0.4) is 0 Å². The Kier molecular flexibility index (Phi) is 5.06. The third-order valence-corrected chi connectivity index (χ3v) is 4.12. The number of carbonyl (C=O) groups is 2. The maximum atomic E-state index is 14.6. The van der Waals surface area contributed by atoms with Crippen molar-refractivity contribution in [2.24, 2.45) is 5.16 Å². The van der Waals surface area contributed by atoms with Crippen LogP contribution in [0, 0.1) is 5.82 Å². The predicted octanol–water partition coefficient (Wildman–Crippen LogP) is 1.75. The van der Waals surface area contributed by atoms with E-state index in [2.05, 4.69) is 15.1 Å². The number of aromatic nitrogens is 2. The number of nitrogens with zero attached hydrogens (tertiary/aromatic N) is 5. The van der Waals surface area contributed by atoms with Gasteiger partial charge in [0.25, 0.3) is 0 Å². The summed E-state index contributed by atoms with van der Waals surface area (Å²) in [7, 11) is 2.96. The van der Waals surface area contributed by atoms with Gasteiger partial charge in [0.1, 0.15) is 12.8 Å². The van der Waals surface area contributed by atoms with Gasteiger partial charge in [0.2, 0.25) is 5.91 Å². The predicted molar refractivity (Wildman–Crippen MR) is 94.2 cm³/mol. The molecule has 0 spiro atoms. The number of carbonyl (C=O) groups excluding carboxylic acids is 2. The molecule has 1 aliphatic rings. The second kappa shape index (κ2) is 7.44. The molecule has 9 nitrogen and oxygen atoms in total. The van der Waals surface area contributed by atoms with Gasteiger partial charge in [-0.3, -0.25) is 9.69 Å². The van der Waals surface area contributed by atoms with Gasteiger partial charge < -0.3 is 14.5 Å². The minimum Gasteiger partial charge on any atom is -0.423 e. The van der Waals surface area contributed by atoms with E-state index in [1.807, 2.05) is 0 Å². The number of rotatable bonds is 5. The van der Waals surface area contributed by atoms with E-state index in [0.29, 0.717) is 11.3 Å². The molecule has 0 bridgehead atoms. The number of cyclic esters (lactones) is 1. The third kappa shape index (κ3) is 3.73. The van der Waals surface area contributed by atoms with Crippen molar-refractivity contribution >= 4 is 23.9 Å². The molecule has 0 radical (unpaired) electrons. The zero-order chi connectivity index (χ0) is 19.6. The van der Waals surface area contributed by atoms with E-state index in [-0.39, 0.29) is 18.1 Å². The van der Waals surface area contributed by atoms with Gasteiger partial charge in [-0.1, -0.05) is 5.16 Å². The molecule has 142 valence electrons. The first-order valence-electron chi connectivity index (χ1n) is 8.03. The first-order chi connectivity index (χ1) is 12.9. The topological polar surface area (TPSA) is 89.3 Å². The van der Waals surface area contributed by atoms with Crippen LogP contribution in [0.25, 0.3) is 5.69 Å². The number of hydrogen-bond donors (Lipinski definition) is 0. The van der Waals surface area contributed by atoms with Crippen LogP contribution < -0.4 is 4.90 Å². The van der Waals surface area contributed by atoms with Crippen LogP contribution in [0.15, 0.2) is 35.7 Å². The number of hydrogen-bond acceptors (Lipinski definition) is 6. The summed E-state index contributed by atoms with van der Waals surface area (Å²) in [6.07, 6.45) is 3.18. The van der Waals surface area contributed by atoms with Crippen LogP contribution in [0.4, 0.5) is 14.9 Å². The Morgan fingerprint density at radius 1 is 1.52 bits per heavy atom. The molecule has 1 saturated heterocycles. The fourth-order valence-corrected chi connectivity index (χ4v) is 2.56. The van der Waals surface area contributed by atoms with Gasteiger partial charge >= 0.3 is 6.09 Å². The lowest BCUT2D eigenvalue weighted by molar-refractivity contribution is -0.134. The Bertz CT molecular complexity index is 897. The molecule has 0 N–H and O–H groups in total. The van der Waals surface area contributed by atoms with E-state index in [0.717, 1.165) is 0 Å². The highest BCUT2D eigenvalue weighted by atomic mass is 19.1. The van der Waals surface area contributed by atoms with Crippen molar-refractivity contribution in [3.63, 3.8) is 0 Å². The summed E-state index contributed by atoms with van der Waals surface area (Å²) in [6.45, 7) is 1.49. The van der Waals surface area contributed by atoms with Gasteiger partial charge in [0.15, 0.2) is 12.0 Å². The molecule has 3 rings (SSSR count). The van der Waals surface area contributed by atoms with Crippen LogP contribution in [0.5, 0.6) is 0 Å². The molecule has 1 aromatic carbocycles. The number of amides is 2. The number of likely N-dealkylation sites (N-methyl/N-ethyl adjacent to an activating group) is 1. The van der Waals surface area contributed by atoms with E-state index in [1.54, 1.807) is 12.3 Å². The molecule has 1 aromatic heterocycles. The van der Waals surface area contributed by atoms with Crippen molar-refractivity contribution in [1.29, 1.82) is 0 Å². The van der Waals surface area contributed by atoms with Crippen LogP contribution in [-0.2, 0) is 14.4 Å². The third-order valence-electron chi connectivity index (χ3n) is 4.12. The van der Waals surface area contributed by atoms with Crippen molar-refractivity contribution in [2.45, 2.75) is 13.2 Å². The zero-order valence-electron chi connectivity index (χ0n) is 15.0. The molecular formula is C17H18FN5O4. The van der Waals surface area contributed by atoms with Crippen LogP contribution >= 0.6 is 0 Å². The summed E-state index contributed by atoms with van der Waals surface area (Å²) < 4.78 is 21.1. The first kappa shape index (κ1) is 18.4. The van der Waals surface area contributed by atoms with Crippen molar-refractivity contribution in [2.75, 3.05) is 25.6 Å². The molecule has 0 aliphatic carbocycles. The van der Waals surface area contributed by atoms with E-state index in [4.69, 9.17) is 4.74 Å². The van der Waals surface area contributed by atoms with Gasteiger partial charge in [0.05, 0.1) is 24.6 Å². The Labute approximate surface area is 154 Å². The molecule has 0 saturated carbocycles. The first-order valence-corrected chi connectivity index (χ1v) is 8.03. The highest BCUT2D eigenvalue weighted by Crippen LogP contribution is 2.26. The molecule has 1 fully saturated rings. The van der Waals surface area contributed by atoms with E-state index in [9.17, 15) is 14.0 Å². The quantitative estimate of drug-likeness (QED) is 0.587. The number of ether oxygens (including phenoxy) is 1. The molecule has 1 aliphatic heterocycles. The van der Waals surface area contributed by atoms with Crippen molar-refractivity contribution in [1.82, 2.24) is 14.7 Å². The molecule has 1 atom stereocenters. The number of benzene rings is 1. The Morgan fingerprint density at radius 3 is 2.96 bits per heavy atom. The summed E-state index contributed by atoms with van der Waals surface area (Å²) in [5.41, 5.74) is 1.17. The second-order valence-electron chi connectivity index (χ2n) is 5.85. The average Bonchev–Trinajstić information content (AvgIpc) is 3.25. The standard InChI is InChI=1S/C17H18FN5O4/c1-11(24)21(2)16-10-22(17(25)27-16)13-4-5-15(14(18)6-13)23-9-12(7-19-23)8-20-26-3/h4-9,16H,10H2,1-3H3. The summed E-state index contributed by atoms with van der Waals surface area (Å²) >= 11 is 0. The maximum Gasteiger partial charge on any atom is 0.416 e. The van der Waals surface area contributed by atoms with Gasteiger partial charge in [-0.15, -0.1) is 0 Å². The van der Waals surface area contributed by atoms with Crippen LogP contribution in [-0.4, -0.2) is 59.8 Å². The minimum atomic E-state index is -0.716. The Balaban J connectivity index is 1.81. The highest BCUT2D eigenvalue weighted by Gasteiger charge is 2.36. The zero-order valence-corrected chi connectivity index (χ0v) is 15.0. The summed E-state index contributed by atoms with van der Waals surface area (Å²) in [4.78, 5) is 30.7. The van der Waals surface area contributed by atoms with Crippen LogP contribution in [0.2, 0.25) is 0 Å². The van der Waals surface area contributed by atoms with Crippen molar-refractivity contribution in [3.8, 4) is 5.69 Å². The summed E-state index contributed by atoms with van der Waals surface area (Å²) in [6, 6.07) is 4.31. The average molecular weight is 375 g/mol. The van der Waals surface area contributed by atoms with E-state index < -0.39 is 18.1 Å². The monoisotopic (exact) mass is 375 g/mol. The largest absolute Gasteiger partial charge is 0.423 e. The molecule has 2 amide bonds. The maximum absolute atomic E-state index is 14.6. The fraction of sp³-hybridized carbons (Fsp3) is 0.294. The van der Waals surface area contributed by atoms with E-state index in [1.165, 1.54) is 60.1 Å². The number of oxime groups is 1. The van der Waals surface area contributed by atoms with Crippen LogP contribution in [0.1, 0.15) is 12.5 Å². The summed E-state index contributed by atoms with van der Waals surface area (Å²) in [5, 5.41) is 7.70. The Hall–Kier alpha value is -3.43. The molecule has 2 aromatic rings. The fourth-order valence-electron chi connectivity index (χ4n) is 2.56. The van der Waals surface area contributed by atoms with Crippen molar-refractivity contribution in [3.05, 3.63) is 42.0 Å². The smallest absolute Gasteiger partial charge is 0.416 e. The minimum absolute atomic E-state index is 0.118. The summed E-state index contributed by atoms with van der Waals surface area (Å²) in [5.74, 6) is -0.801. The SMILES string of the molecule is CON=Cc1cnn(-c2ccc(N3CC(N(C)C(C)=O)OC3=O)cc2F)c1. The molecule has 27 heavy (non-hydrogen) atoms.